The van der Waals surface area contributed by atoms with Gasteiger partial charge in [-0.15, -0.1) is 0 Å². The lowest BCUT2D eigenvalue weighted by Gasteiger charge is -2.35. The van der Waals surface area contributed by atoms with E-state index in [1.165, 1.54) is 20.5 Å². The standard InChI is InChI=1S/C29H39N3O6/c1-29(2,3)21-23(28(34)35)32(27(33)19-14-10-7-11-15-19)22(18-12-8-6-9-13-18)24(21)38-16-20-25(36-4)30-17-31-26(20)37-5/h6,8-9,12-13,17,19,21-24H,7,10-11,14-16H2,1-5H3,(H,34,35)/t21-,22+,23+,24+/m0/s1. The van der Waals surface area contributed by atoms with Gasteiger partial charge in [-0.1, -0.05) is 70.4 Å². The molecule has 9 heteroatoms. The maximum atomic E-state index is 14.1. The second kappa shape index (κ2) is 11.7. The Hall–Kier alpha value is -3.20. The van der Waals surface area contributed by atoms with Gasteiger partial charge in [-0.25, -0.2) is 14.8 Å². The smallest absolute Gasteiger partial charge is 0.326 e. The highest BCUT2D eigenvalue weighted by Gasteiger charge is 2.59. The number of likely N-dealkylation sites (tertiary alicyclic amines) is 1. The first-order valence-electron chi connectivity index (χ1n) is 13.3. The zero-order valence-electron chi connectivity index (χ0n) is 22.9. The third kappa shape index (κ3) is 5.48. The summed E-state index contributed by atoms with van der Waals surface area (Å²) in [5.74, 6) is -1.13. The Bertz CT molecular complexity index is 1090. The molecular weight excluding hydrogens is 486 g/mol. The van der Waals surface area contributed by atoms with Gasteiger partial charge in [0.1, 0.15) is 17.9 Å². The summed E-state index contributed by atoms with van der Waals surface area (Å²) in [7, 11) is 3.02. The van der Waals surface area contributed by atoms with Gasteiger partial charge in [0.15, 0.2) is 0 Å². The van der Waals surface area contributed by atoms with Crippen LogP contribution < -0.4 is 9.47 Å². The molecule has 2 heterocycles. The van der Waals surface area contributed by atoms with Gasteiger partial charge in [-0.3, -0.25) is 4.79 Å². The molecule has 1 amide bonds. The molecule has 2 fully saturated rings. The first-order chi connectivity index (χ1) is 18.2. The molecular formula is C29H39N3O6. The molecule has 2 aliphatic rings. The van der Waals surface area contributed by atoms with E-state index < -0.39 is 35.5 Å². The number of benzene rings is 1. The number of rotatable bonds is 8. The van der Waals surface area contributed by atoms with Crippen LogP contribution in [0.5, 0.6) is 11.8 Å². The van der Waals surface area contributed by atoms with E-state index in [2.05, 4.69) is 9.97 Å². The molecule has 1 saturated heterocycles. The number of carboxylic acids is 1. The van der Waals surface area contributed by atoms with Gasteiger partial charge in [0.2, 0.25) is 17.7 Å². The number of nitrogens with zero attached hydrogens (tertiary/aromatic N) is 3. The fourth-order valence-corrected chi connectivity index (χ4v) is 6.19. The lowest BCUT2D eigenvalue weighted by atomic mass is 9.73. The summed E-state index contributed by atoms with van der Waals surface area (Å²) in [4.78, 5) is 37.1. The highest BCUT2D eigenvalue weighted by molar-refractivity contribution is 5.87. The quantitative estimate of drug-likeness (QED) is 0.530. The number of hydrogen-bond donors (Lipinski definition) is 1. The van der Waals surface area contributed by atoms with Crippen LogP contribution in [0.3, 0.4) is 0 Å². The molecule has 1 aromatic heterocycles. The SMILES string of the molecule is COc1ncnc(OC)c1CO[C@@H]1[C@@H](C(C)(C)C)[C@H](C(=O)O)N(C(=O)C2CCCCC2)[C@@H]1c1ccccc1. The van der Waals surface area contributed by atoms with Crippen molar-refractivity contribution in [3.8, 4) is 11.8 Å². The van der Waals surface area contributed by atoms with Crippen molar-refractivity contribution in [1.29, 1.82) is 0 Å². The van der Waals surface area contributed by atoms with E-state index in [0.29, 0.717) is 17.3 Å². The molecule has 1 N–H and O–H groups in total. The van der Waals surface area contributed by atoms with Gasteiger partial charge < -0.3 is 24.2 Å². The fraction of sp³-hybridized carbons (Fsp3) is 0.586. The number of ether oxygens (including phenoxy) is 3. The van der Waals surface area contributed by atoms with Gasteiger partial charge >= 0.3 is 5.97 Å². The van der Waals surface area contributed by atoms with Gasteiger partial charge in [-0.2, -0.15) is 0 Å². The van der Waals surface area contributed by atoms with Gasteiger partial charge in [0.25, 0.3) is 0 Å². The average Bonchev–Trinajstić information content (AvgIpc) is 3.28. The Morgan fingerprint density at radius 1 is 1.00 bits per heavy atom. The minimum atomic E-state index is -1.03. The summed E-state index contributed by atoms with van der Waals surface area (Å²) in [6.07, 6.45) is 5.37. The highest BCUT2D eigenvalue weighted by atomic mass is 16.5. The molecule has 1 aromatic carbocycles. The first-order valence-corrected chi connectivity index (χ1v) is 13.3. The molecule has 4 atom stereocenters. The monoisotopic (exact) mass is 525 g/mol. The van der Waals surface area contributed by atoms with E-state index in [0.717, 1.165) is 37.7 Å². The molecule has 9 nitrogen and oxygen atoms in total. The van der Waals surface area contributed by atoms with Crippen LogP contribution in [0.2, 0.25) is 0 Å². The van der Waals surface area contributed by atoms with Crippen molar-refractivity contribution in [1.82, 2.24) is 14.9 Å². The van der Waals surface area contributed by atoms with E-state index in [4.69, 9.17) is 14.2 Å². The molecule has 1 aliphatic heterocycles. The number of carbonyl (C=O) groups is 2. The second-order valence-electron chi connectivity index (χ2n) is 11.3. The van der Waals surface area contributed by atoms with E-state index in [1.807, 2.05) is 51.1 Å². The molecule has 0 spiro atoms. The van der Waals surface area contributed by atoms with Crippen LogP contribution in [0.4, 0.5) is 0 Å². The first kappa shape index (κ1) is 27.8. The summed E-state index contributed by atoms with van der Waals surface area (Å²) < 4.78 is 17.5. The van der Waals surface area contributed by atoms with Crippen molar-refractivity contribution in [3.63, 3.8) is 0 Å². The maximum Gasteiger partial charge on any atom is 0.326 e. The third-order valence-corrected chi connectivity index (χ3v) is 7.88. The molecule has 1 saturated carbocycles. The second-order valence-corrected chi connectivity index (χ2v) is 11.3. The largest absolute Gasteiger partial charge is 0.481 e. The Balaban J connectivity index is 1.82. The van der Waals surface area contributed by atoms with Crippen molar-refractivity contribution in [2.24, 2.45) is 17.3 Å². The van der Waals surface area contributed by atoms with Crippen molar-refractivity contribution in [3.05, 3.63) is 47.8 Å². The van der Waals surface area contributed by atoms with Crippen molar-refractivity contribution < 1.29 is 28.9 Å². The number of carbonyl (C=O) groups excluding carboxylic acids is 1. The van der Waals surface area contributed by atoms with Crippen LogP contribution >= 0.6 is 0 Å². The van der Waals surface area contributed by atoms with E-state index in [1.54, 1.807) is 4.90 Å². The Labute approximate surface area is 224 Å². The van der Waals surface area contributed by atoms with Gasteiger partial charge in [0.05, 0.1) is 33.0 Å². The number of aromatic nitrogens is 2. The molecule has 4 rings (SSSR count). The third-order valence-electron chi connectivity index (χ3n) is 7.88. The van der Waals surface area contributed by atoms with Crippen molar-refractivity contribution >= 4 is 11.9 Å². The Morgan fingerprint density at radius 2 is 1.61 bits per heavy atom. The fourth-order valence-electron chi connectivity index (χ4n) is 6.19. The minimum Gasteiger partial charge on any atom is -0.481 e. The predicted octanol–water partition coefficient (Wildman–Crippen LogP) is 4.66. The molecule has 2 aromatic rings. The minimum absolute atomic E-state index is 0.0333. The number of carboxylic acid groups (broad SMARTS) is 1. The molecule has 0 radical (unpaired) electrons. The normalized spacial score (nSPS) is 24.3. The molecule has 0 bridgehead atoms. The van der Waals surface area contributed by atoms with Crippen LogP contribution in [0, 0.1) is 17.3 Å². The maximum absolute atomic E-state index is 14.1. The number of hydrogen-bond acceptors (Lipinski definition) is 7. The van der Waals surface area contributed by atoms with E-state index >= 15 is 0 Å². The predicted molar refractivity (Wildman–Crippen MR) is 141 cm³/mol. The zero-order chi connectivity index (χ0) is 27.4. The van der Waals surface area contributed by atoms with Crippen LogP contribution in [0.15, 0.2) is 36.7 Å². The number of methoxy groups -OCH3 is 2. The lowest BCUT2D eigenvalue weighted by Crippen LogP contribution is -2.49. The Morgan fingerprint density at radius 3 is 2.13 bits per heavy atom. The summed E-state index contributed by atoms with van der Waals surface area (Å²) in [5, 5.41) is 10.6. The van der Waals surface area contributed by atoms with Gasteiger partial charge in [0, 0.05) is 11.8 Å². The molecule has 1 aliphatic carbocycles. The molecule has 38 heavy (non-hydrogen) atoms. The Kier molecular flexibility index (Phi) is 8.55. The van der Waals surface area contributed by atoms with Crippen molar-refractivity contribution in [2.75, 3.05) is 14.2 Å². The van der Waals surface area contributed by atoms with Crippen LogP contribution in [0.25, 0.3) is 0 Å². The zero-order valence-corrected chi connectivity index (χ0v) is 22.9. The lowest BCUT2D eigenvalue weighted by molar-refractivity contribution is -0.154. The summed E-state index contributed by atoms with van der Waals surface area (Å²) in [6.45, 7) is 6.06. The summed E-state index contributed by atoms with van der Waals surface area (Å²) in [6, 6.07) is 8.01. The van der Waals surface area contributed by atoms with Crippen LogP contribution in [0.1, 0.15) is 70.0 Å². The average molecular weight is 526 g/mol. The van der Waals surface area contributed by atoms with Crippen molar-refractivity contribution in [2.45, 2.75) is 77.7 Å². The van der Waals surface area contributed by atoms with E-state index in [9.17, 15) is 14.7 Å². The summed E-state index contributed by atoms with van der Waals surface area (Å²) >= 11 is 0. The molecule has 0 unspecified atom stereocenters. The van der Waals surface area contributed by atoms with Crippen LogP contribution in [-0.2, 0) is 20.9 Å². The highest BCUT2D eigenvalue weighted by Crippen LogP contribution is 2.51. The number of amides is 1. The molecule has 206 valence electrons. The summed E-state index contributed by atoms with van der Waals surface area (Å²) in [5.41, 5.74) is 0.896. The topological polar surface area (TPSA) is 111 Å². The van der Waals surface area contributed by atoms with E-state index in [-0.39, 0.29) is 18.4 Å². The number of aliphatic carboxylic acids is 1. The van der Waals surface area contributed by atoms with Gasteiger partial charge in [-0.05, 0) is 23.8 Å². The van der Waals surface area contributed by atoms with Crippen LogP contribution in [-0.4, -0.2) is 58.2 Å².